The van der Waals surface area contributed by atoms with Gasteiger partial charge in [0.25, 0.3) is 11.8 Å². The maximum Gasteiger partial charge on any atom is 0.331 e. The molecule has 3 heterocycles. The van der Waals surface area contributed by atoms with Gasteiger partial charge in [0, 0.05) is 31.1 Å². The molecule has 2 saturated heterocycles. The molecule has 4 amide bonds. The van der Waals surface area contributed by atoms with Crippen LogP contribution in [0.15, 0.2) is 11.6 Å². The molecule has 3 rings (SSSR count). The highest BCUT2D eigenvalue weighted by molar-refractivity contribution is 6.31. The number of nitrogens with zero attached hydrogens (tertiary/aromatic N) is 2. The number of aromatic nitrogens is 1. The lowest BCUT2D eigenvalue weighted by atomic mass is 10.1. The molecule has 2 aliphatic heterocycles. The van der Waals surface area contributed by atoms with Crippen LogP contribution in [0.4, 0.5) is 4.79 Å². The SMILES string of the molecule is CCN1C(=O)NC(=O)/C(=C\c2cc(C)n(C[C@@H]3CCCO3)c2C)C1=O. The van der Waals surface area contributed by atoms with Gasteiger partial charge in [0.15, 0.2) is 0 Å². The summed E-state index contributed by atoms with van der Waals surface area (Å²) in [5.74, 6) is -1.20. The van der Waals surface area contributed by atoms with Gasteiger partial charge >= 0.3 is 6.03 Å². The largest absolute Gasteiger partial charge is 0.376 e. The molecule has 1 aromatic rings. The standard InChI is InChI=1S/C18H23N3O4/c1-4-20-17(23)15(16(22)19-18(20)24)9-13-8-11(2)21(12(13)3)10-14-6-5-7-25-14/h8-9,14H,4-7,10H2,1-3H3,(H,19,22,24)/b15-9+/t14-/m0/s1. The van der Waals surface area contributed by atoms with Gasteiger partial charge in [-0.15, -0.1) is 0 Å². The Morgan fingerprint density at radius 3 is 2.72 bits per heavy atom. The minimum Gasteiger partial charge on any atom is -0.376 e. The summed E-state index contributed by atoms with van der Waals surface area (Å²) in [5, 5.41) is 2.21. The first-order valence-corrected chi connectivity index (χ1v) is 8.59. The number of aryl methyl sites for hydroxylation is 1. The maximum atomic E-state index is 12.4. The predicted octanol–water partition coefficient (Wildman–Crippen LogP) is 1.77. The lowest BCUT2D eigenvalue weighted by Crippen LogP contribution is -2.53. The van der Waals surface area contributed by atoms with Crippen LogP contribution < -0.4 is 5.32 Å². The van der Waals surface area contributed by atoms with Crippen LogP contribution in [0.5, 0.6) is 0 Å². The fourth-order valence-electron chi connectivity index (χ4n) is 3.38. The number of imide groups is 2. The zero-order valence-corrected chi connectivity index (χ0v) is 14.8. The van der Waals surface area contributed by atoms with Gasteiger partial charge in [0.1, 0.15) is 5.57 Å². The minimum atomic E-state index is -0.668. The Morgan fingerprint density at radius 1 is 1.32 bits per heavy atom. The molecule has 2 fully saturated rings. The molecule has 0 aliphatic carbocycles. The fourth-order valence-corrected chi connectivity index (χ4v) is 3.38. The van der Waals surface area contributed by atoms with Crippen LogP contribution in [0.25, 0.3) is 6.08 Å². The molecule has 7 heteroatoms. The number of likely N-dealkylation sites (N-methyl/N-ethyl adjacent to an activating group) is 1. The lowest BCUT2D eigenvalue weighted by molar-refractivity contribution is -0.129. The third-order valence-corrected chi connectivity index (χ3v) is 4.82. The molecule has 0 saturated carbocycles. The Hall–Kier alpha value is -2.41. The van der Waals surface area contributed by atoms with Gasteiger partial charge in [-0.1, -0.05) is 0 Å². The highest BCUT2D eigenvalue weighted by Crippen LogP contribution is 2.23. The average Bonchev–Trinajstić information content (AvgIpc) is 3.16. The topological polar surface area (TPSA) is 80.6 Å². The molecule has 2 aliphatic rings. The molecule has 0 aromatic carbocycles. The molecule has 7 nitrogen and oxygen atoms in total. The Kier molecular flexibility index (Phi) is 4.76. The van der Waals surface area contributed by atoms with Gasteiger partial charge in [-0.05, 0) is 51.3 Å². The number of carbonyl (C=O) groups is 3. The molecule has 1 atom stereocenters. The second-order valence-electron chi connectivity index (χ2n) is 6.44. The Labute approximate surface area is 146 Å². The molecule has 1 N–H and O–H groups in total. The van der Waals surface area contributed by atoms with Gasteiger partial charge < -0.3 is 9.30 Å². The van der Waals surface area contributed by atoms with E-state index in [0.29, 0.717) is 0 Å². The lowest BCUT2D eigenvalue weighted by Gasteiger charge is -2.24. The average molecular weight is 345 g/mol. The van der Waals surface area contributed by atoms with Crippen LogP contribution in [0, 0.1) is 13.8 Å². The van der Waals surface area contributed by atoms with E-state index in [1.165, 1.54) is 0 Å². The number of barbiturate groups is 1. The summed E-state index contributed by atoms with van der Waals surface area (Å²) >= 11 is 0. The van der Waals surface area contributed by atoms with Gasteiger partial charge in [0.2, 0.25) is 0 Å². The molecule has 1 aromatic heterocycles. The molecule has 0 radical (unpaired) electrons. The van der Waals surface area contributed by atoms with Gasteiger partial charge in [-0.3, -0.25) is 19.8 Å². The van der Waals surface area contributed by atoms with Crippen molar-refractivity contribution in [2.45, 2.75) is 46.3 Å². The number of amides is 4. The normalized spacial score (nSPS) is 22.8. The Morgan fingerprint density at radius 2 is 2.08 bits per heavy atom. The second kappa shape index (κ2) is 6.84. The predicted molar refractivity (Wildman–Crippen MR) is 91.8 cm³/mol. The van der Waals surface area contributed by atoms with E-state index in [9.17, 15) is 14.4 Å². The first-order chi connectivity index (χ1) is 11.9. The van der Waals surface area contributed by atoms with Crippen LogP contribution >= 0.6 is 0 Å². The third kappa shape index (κ3) is 3.24. The van der Waals surface area contributed by atoms with Crippen LogP contribution in [0.3, 0.4) is 0 Å². The quantitative estimate of drug-likeness (QED) is 0.666. The summed E-state index contributed by atoms with van der Waals surface area (Å²) in [6.07, 6.45) is 3.90. The maximum absolute atomic E-state index is 12.4. The number of hydrogen-bond acceptors (Lipinski definition) is 4. The van der Waals surface area contributed by atoms with Crippen LogP contribution in [0.1, 0.15) is 36.7 Å². The number of carbonyl (C=O) groups excluding carboxylic acids is 3. The number of ether oxygens (including phenoxy) is 1. The van der Waals surface area contributed by atoms with Crippen molar-refractivity contribution in [2.24, 2.45) is 0 Å². The molecule has 25 heavy (non-hydrogen) atoms. The first kappa shape index (κ1) is 17.4. The first-order valence-electron chi connectivity index (χ1n) is 8.59. The summed E-state index contributed by atoms with van der Waals surface area (Å²) in [5.41, 5.74) is 2.81. The fraction of sp³-hybridized carbons (Fsp3) is 0.500. The van der Waals surface area contributed by atoms with E-state index in [2.05, 4.69) is 9.88 Å². The summed E-state index contributed by atoms with van der Waals surface area (Å²) in [6, 6.07) is 1.28. The molecule has 0 spiro atoms. The zero-order chi connectivity index (χ0) is 18.1. The highest BCUT2D eigenvalue weighted by Gasteiger charge is 2.34. The van der Waals surface area contributed by atoms with E-state index < -0.39 is 17.8 Å². The van der Waals surface area contributed by atoms with Crippen molar-refractivity contribution in [1.82, 2.24) is 14.8 Å². The molecule has 0 bridgehead atoms. The Balaban J connectivity index is 1.91. The van der Waals surface area contributed by atoms with E-state index in [1.54, 1.807) is 13.0 Å². The third-order valence-electron chi connectivity index (χ3n) is 4.82. The number of hydrogen-bond donors (Lipinski definition) is 1. The van der Waals surface area contributed by atoms with E-state index >= 15 is 0 Å². The van der Waals surface area contributed by atoms with E-state index in [-0.39, 0.29) is 18.2 Å². The van der Waals surface area contributed by atoms with E-state index in [1.807, 2.05) is 19.9 Å². The molecular formula is C18H23N3O4. The summed E-state index contributed by atoms with van der Waals surface area (Å²) < 4.78 is 7.85. The number of rotatable bonds is 4. The van der Waals surface area contributed by atoms with Gasteiger partial charge in [0.05, 0.1) is 6.10 Å². The smallest absolute Gasteiger partial charge is 0.331 e. The van der Waals surface area contributed by atoms with Crippen molar-refractivity contribution in [3.8, 4) is 0 Å². The van der Waals surface area contributed by atoms with Crippen molar-refractivity contribution in [3.63, 3.8) is 0 Å². The summed E-state index contributed by atoms with van der Waals surface area (Å²) in [4.78, 5) is 37.2. The zero-order valence-electron chi connectivity index (χ0n) is 14.8. The Bertz CT molecular complexity index is 757. The number of nitrogens with one attached hydrogen (secondary N) is 1. The summed E-state index contributed by atoms with van der Waals surface area (Å²) in [7, 11) is 0. The van der Waals surface area contributed by atoms with Gasteiger partial charge in [-0.2, -0.15) is 0 Å². The highest BCUT2D eigenvalue weighted by atomic mass is 16.5. The van der Waals surface area contributed by atoms with Crippen LogP contribution in [-0.4, -0.2) is 46.6 Å². The van der Waals surface area contributed by atoms with E-state index in [4.69, 9.17) is 4.74 Å². The van der Waals surface area contributed by atoms with Crippen LogP contribution in [-0.2, 0) is 20.9 Å². The minimum absolute atomic E-state index is 0.0150. The van der Waals surface area contributed by atoms with Gasteiger partial charge in [-0.25, -0.2) is 4.79 Å². The van der Waals surface area contributed by atoms with Crippen molar-refractivity contribution in [2.75, 3.05) is 13.2 Å². The summed E-state index contributed by atoms with van der Waals surface area (Å²) in [6.45, 7) is 7.43. The molecule has 0 unspecified atom stereocenters. The number of urea groups is 1. The van der Waals surface area contributed by atoms with Crippen LogP contribution in [0.2, 0.25) is 0 Å². The van der Waals surface area contributed by atoms with E-state index in [0.717, 1.165) is 47.8 Å². The van der Waals surface area contributed by atoms with Crippen molar-refractivity contribution in [3.05, 3.63) is 28.6 Å². The van der Waals surface area contributed by atoms with Crippen molar-refractivity contribution in [1.29, 1.82) is 0 Å². The molecule has 134 valence electrons. The molecular weight excluding hydrogens is 322 g/mol. The second-order valence-corrected chi connectivity index (χ2v) is 6.44. The monoisotopic (exact) mass is 345 g/mol. The van der Waals surface area contributed by atoms with Crippen molar-refractivity contribution < 1.29 is 19.1 Å². The van der Waals surface area contributed by atoms with Crippen molar-refractivity contribution >= 4 is 23.9 Å².